The van der Waals surface area contributed by atoms with Gasteiger partial charge in [-0.15, -0.1) is 11.3 Å². The number of ketones is 1. The second-order valence-corrected chi connectivity index (χ2v) is 9.08. The third-order valence-electron chi connectivity index (χ3n) is 4.25. The zero-order chi connectivity index (χ0) is 19.6. The summed E-state index contributed by atoms with van der Waals surface area (Å²) in [5.74, 6) is -0.103. The highest BCUT2D eigenvalue weighted by atomic mass is 32.2. The van der Waals surface area contributed by atoms with Gasteiger partial charge in [-0.05, 0) is 50.4 Å². The number of Topliss-reactive ketones (excluding diaryl/α,β-unsaturated/α-hetero) is 1. The van der Waals surface area contributed by atoms with E-state index in [9.17, 15) is 13.2 Å². The molecule has 0 fully saturated rings. The zero-order valence-electron chi connectivity index (χ0n) is 15.3. The van der Waals surface area contributed by atoms with E-state index in [0.29, 0.717) is 5.56 Å². The molecule has 0 bridgehead atoms. The average Bonchev–Trinajstić information content (AvgIpc) is 3.25. The highest BCUT2D eigenvalue weighted by molar-refractivity contribution is 7.89. The lowest BCUT2D eigenvalue weighted by atomic mass is 10.2. The van der Waals surface area contributed by atoms with Crippen LogP contribution in [0.4, 0.5) is 0 Å². The number of sulfonamides is 1. The monoisotopic (exact) mass is 403 g/mol. The van der Waals surface area contributed by atoms with Crippen LogP contribution < -0.4 is 4.72 Å². The molecule has 2 heterocycles. The maximum absolute atomic E-state index is 12.7. The first-order chi connectivity index (χ1) is 12.8. The van der Waals surface area contributed by atoms with Crippen molar-refractivity contribution in [3.05, 3.63) is 69.7 Å². The Labute approximate surface area is 162 Å². The number of carbonyl (C=O) groups is 1. The van der Waals surface area contributed by atoms with E-state index >= 15 is 0 Å². The van der Waals surface area contributed by atoms with Crippen molar-refractivity contribution in [1.29, 1.82) is 0 Å². The smallest absolute Gasteiger partial charge is 0.240 e. The van der Waals surface area contributed by atoms with Crippen molar-refractivity contribution in [2.45, 2.75) is 31.7 Å². The fraction of sp³-hybridized carbons (Fsp3) is 0.263. The van der Waals surface area contributed by atoms with Gasteiger partial charge in [-0.25, -0.2) is 13.1 Å². The largest absolute Gasteiger partial charge is 0.295 e. The van der Waals surface area contributed by atoms with E-state index in [-0.39, 0.29) is 23.3 Å². The average molecular weight is 404 g/mol. The summed E-state index contributed by atoms with van der Waals surface area (Å²) in [5, 5.41) is 6.48. The molecule has 2 aromatic heterocycles. The molecule has 1 atom stereocenters. The Morgan fingerprint density at radius 3 is 2.44 bits per heavy atom. The van der Waals surface area contributed by atoms with Crippen LogP contribution in [-0.4, -0.2) is 30.5 Å². The molecule has 8 heteroatoms. The number of rotatable bonds is 7. The molecule has 3 rings (SSSR count). The topological polar surface area (TPSA) is 81.1 Å². The van der Waals surface area contributed by atoms with E-state index in [1.54, 1.807) is 11.3 Å². The minimum Gasteiger partial charge on any atom is -0.295 e. The molecule has 1 unspecified atom stereocenters. The second-order valence-electron chi connectivity index (χ2n) is 6.34. The van der Waals surface area contributed by atoms with Crippen LogP contribution >= 0.6 is 11.3 Å². The summed E-state index contributed by atoms with van der Waals surface area (Å²) in [7, 11) is -3.70. The molecule has 0 saturated carbocycles. The number of hydrogen-bond donors (Lipinski definition) is 1. The third-order valence-corrected chi connectivity index (χ3v) is 6.66. The van der Waals surface area contributed by atoms with E-state index < -0.39 is 10.0 Å². The Balaban J connectivity index is 1.84. The molecule has 0 aliphatic rings. The van der Waals surface area contributed by atoms with E-state index in [1.165, 1.54) is 31.2 Å². The molecular formula is C19H21N3O3S2. The molecule has 0 radical (unpaired) electrons. The van der Waals surface area contributed by atoms with Gasteiger partial charge in [-0.3, -0.25) is 9.48 Å². The fourth-order valence-corrected chi connectivity index (χ4v) is 4.74. The van der Waals surface area contributed by atoms with Crippen molar-refractivity contribution in [2.75, 3.05) is 6.54 Å². The predicted molar refractivity (Wildman–Crippen MR) is 106 cm³/mol. The lowest BCUT2D eigenvalue weighted by Crippen LogP contribution is -2.32. The lowest BCUT2D eigenvalue weighted by Gasteiger charge is -2.19. The minimum absolute atomic E-state index is 0.103. The Bertz CT molecular complexity index is 1040. The molecule has 0 aliphatic heterocycles. The standard InChI is InChI=1S/C19H21N3O3S2/c1-13-11-14(2)22(21-13)18(19-5-4-10-26-19)12-20-27(24,25)17-8-6-16(7-9-17)15(3)23/h4-11,18,20H,12H2,1-3H3. The number of thiophene rings is 1. The van der Waals surface area contributed by atoms with Crippen LogP contribution in [0.5, 0.6) is 0 Å². The minimum atomic E-state index is -3.70. The summed E-state index contributed by atoms with van der Waals surface area (Å²) >= 11 is 1.56. The number of aromatic nitrogens is 2. The van der Waals surface area contributed by atoms with E-state index in [0.717, 1.165) is 16.3 Å². The molecule has 27 heavy (non-hydrogen) atoms. The first-order valence-electron chi connectivity index (χ1n) is 8.45. The van der Waals surface area contributed by atoms with Crippen molar-refractivity contribution in [1.82, 2.24) is 14.5 Å². The molecule has 142 valence electrons. The summed E-state index contributed by atoms with van der Waals surface area (Å²) in [4.78, 5) is 12.5. The van der Waals surface area contributed by atoms with Gasteiger partial charge in [0, 0.05) is 22.7 Å². The summed E-state index contributed by atoms with van der Waals surface area (Å²) in [6.07, 6.45) is 0. The molecule has 6 nitrogen and oxygen atoms in total. The van der Waals surface area contributed by atoms with Gasteiger partial charge >= 0.3 is 0 Å². The number of aryl methyl sites for hydroxylation is 2. The van der Waals surface area contributed by atoms with E-state index in [2.05, 4.69) is 9.82 Å². The van der Waals surface area contributed by atoms with Gasteiger partial charge in [0.15, 0.2) is 5.78 Å². The summed E-state index contributed by atoms with van der Waals surface area (Å²) in [6.45, 7) is 5.49. The Morgan fingerprint density at radius 1 is 1.22 bits per heavy atom. The summed E-state index contributed by atoms with van der Waals surface area (Å²) in [5.41, 5.74) is 2.33. The SMILES string of the molecule is CC(=O)c1ccc(S(=O)(=O)NCC(c2cccs2)n2nc(C)cc2C)cc1. The number of benzene rings is 1. The first kappa shape index (κ1) is 19.5. The molecule has 0 aliphatic carbocycles. The zero-order valence-corrected chi connectivity index (χ0v) is 17.0. The molecule has 0 saturated heterocycles. The van der Waals surface area contributed by atoms with Gasteiger partial charge in [-0.2, -0.15) is 5.10 Å². The highest BCUT2D eigenvalue weighted by Crippen LogP contribution is 2.24. The lowest BCUT2D eigenvalue weighted by molar-refractivity contribution is 0.101. The molecular weight excluding hydrogens is 382 g/mol. The Morgan fingerprint density at radius 2 is 1.93 bits per heavy atom. The van der Waals surface area contributed by atoms with Crippen LogP contribution in [0.1, 0.15) is 39.6 Å². The summed E-state index contributed by atoms with van der Waals surface area (Å²) < 4.78 is 29.9. The van der Waals surface area contributed by atoms with Crippen molar-refractivity contribution >= 4 is 27.1 Å². The molecule has 0 amide bonds. The van der Waals surface area contributed by atoms with E-state index in [1.807, 2.05) is 42.1 Å². The maximum atomic E-state index is 12.7. The molecule has 0 spiro atoms. The normalized spacial score (nSPS) is 12.9. The summed E-state index contributed by atoms with van der Waals surface area (Å²) in [6, 6.07) is 11.6. The third kappa shape index (κ3) is 4.35. The number of nitrogens with one attached hydrogen (secondary N) is 1. The van der Waals surface area contributed by atoms with Crippen LogP contribution in [0, 0.1) is 13.8 Å². The Hall–Kier alpha value is -2.29. The van der Waals surface area contributed by atoms with Crippen molar-refractivity contribution < 1.29 is 13.2 Å². The fourth-order valence-electron chi connectivity index (χ4n) is 2.89. The van der Waals surface area contributed by atoms with Crippen LogP contribution in [0.15, 0.2) is 52.7 Å². The Kier molecular flexibility index (Phi) is 5.59. The van der Waals surface area contributed by atoms with Crippen molar-refractivity contribution in [3.8, 4) is 0 Å². The molecule has 3 aromatic rings. The van der Waals surface area contributed by atoms with Gasteiger partial charge < -0.3 is 0 Å². The number of nitrogens with zero attached hydrogens (tertiary/aromatic N) is 2. The maximum Gasteiger partial charge on any atom is 0.240 e. The quantitative estimate of drug-likeness (QED) is 0.614. The van der Waals surface area contributed by atoms with Gasteiger partial charge in [0.1, 0.15) is 0 Å². The van der Waals surface area contributed by atoms with Crippen LogP contribution in [0.3, 0.4) is 0 Å². The van der Waals surface area contributed by atoms with Crippen LogP contribution in [0.25, 0.3) is 0 Å². The van der Waals surface area contributed by atoms with E-state index in [4.69, 9.17) is 0 Å². The number of carbonyl (C=O) groups excluding carboxylic acids is 1. The molecule has 1 N–H and O–H groups in total. The predicted octanol–water partition coefficient (Wildman–Crippen LogP) is 3.33. The molecule has 1 aromatic carbocycles. The highest BCUT2D eigenvalue weighted by Gasteiger charge is 2.22. The van der Waals surface area contributed by atoms with Gasteiger partial charge in [0.05, 0.1) is 16.6 Å². The second kappa shape index (κ2) is 7.75. The van der Waals surface area contributed by atoms with Crippen molar-refractivity contribution in [3.63, 3.8) is 0 Å². The van der Waals surface area contributed by atoms with Crippen LogP contribution in [-0.2, 0) is 10.0 Å². The number of hydrogen-bond acceptors (Lipinski definition) is 5. The van der Waals surface area contributed by atoms with Gasteiger partial charge in [0.2, 0.25) is 10.0 Å². The van der Waals surface area contributed by atoms with Crippen LogP contribution in [0.2, 0.25) is 0 Å². The van der Waals surface area contributed by atoms with Gasteiger partial charge in [-0.1, -0.05) is 18.2 Å². The van der Waals surface area contributed by atoms with Crippen molar-refractivity contribution in [2.24, 2.45) is 0 Å². The van der Waals surface area contributed by atoms with Gasteiger partial charge in [0.25, 0.3) is 0 Å². The first-order valence-corrected chi connectivity index (χ1v) is 10.8.